The summed E-state index contributed by atoms with van der Waals surface area (Å²) in [5, 5.41) is 2.91. The van der Waals surface area contributed by atoms with Gasteiger partial charge in [0.05, 0.1) is 0 Å². The van der Waals surface area contributed by atoms with Crippen LogP contribution in [-0.4, -0.2) is 39.5 Å². The van der Waals surface area contributed by atoms with E-state index in [2.05, 4.69) is 5.32 Å². The second-order valence-corrected chi connectivity index (χ2v) is 5.29. The van der Waals surface area contributed by atoms with Crippen molar-refractivity contribution in [2.75, 3.05) is 18.8 Å². The molecule has 0 saturated carbocycles. The second-order valence-electron chi connectivity index (χ2n) is 3.54. The molecule has 0 aromatic heterocycles. The Balaban J connectivity index is 2.48. The summed E-state index contributed by atoms with van der Waals surface area (Å²) in [4.78, 5) is 0. The van der Waals surface area contributed by atoms with Crippen LogP contribution < -0.4 is 10.0 Å². The molecule has 4 nitrogen and oxygen atoms in total. The van der Waals surface area contributed by atoms with Crippen LogP contribution in [0.4, 0.5) is 13.2 Å². The topological polar surface area (TPSA) is 58.2 Å². The molecule has 15 heavy (non-hydrogen) atoms. The Hall–Kier alpha value is -0.340. The molecule has 0 radical (unpaired) electrons. The predicted octanol–water partition coefficient (Wildman–Crippen LogP) is 0.220. The minimum atomic E-state index is -4.69. The van der Waals surface area contributed by atoms with E-state index in [1.165, 1.54) is 0 Å². The summed E-state index contributed by atoms with van der Waals surface area (Å²) in [6.07, 6.45) is -3.35. The Kier molecular flexibility index (Phi) is 3.96. The molecule has 1 fully saturated rings. The maximum Gasteiger partial charge on any atom is 0.404 e. The number of hydrogen-bond acceptors (Lipinski definition) is 3. The third-order valence-corrected chi connectivity index (χ3v) is 3.40. The maximum absolute atomic E-state index is 11.9. The molecule has 0 aromatic carbocycles. The quantitative estimate of drug-likeness (QED) is 0.749. The van der Waals surface area contributed by atoms with Gasteiger partial charge in [0.1, 0.15) is 0 Å². The van der Waals surface area contributed by atoms with Gasteiger partial charge in [-0.15, -0.1) is 0 Å². The van der Waals surface area contributed by atoms with Crippen LogP contribution in [0.5, 0.6) is 0 Å². The molecule has 0 spiro atoms. The van der Waals surface area contributed by atoms with E-state index >= 15 is 0 Å². The number of nitrogens with one attached hydrogen (secondary N) is 2. The molecule has 1 atom stereocenters. The maximum atomic E-state index is 11.9. The Morgan fingerprint density at radius 2 is 2.07 bits per heavy atom. The summed E-state index contributed by atoms with van der Waals surface area (Å²) in [5.74, 6) is -1.81. The fraction of sp³-hybridized carbons (Fsp3) is 1.00. The van der Waals surface area contributed by atoms with Gasteiger partial charge in [-0.1, -0.05) is 0 Å². The van der Waals surface area contributed by atoms with Crippen molar-refractivity contribution < 1.29 is 21.6 Å². The van der Waals surface area contributed by atoms with Crippen molar-refractivity contribution in [2.45, 2.75) is 25.1 Å². The minimum Gasteiger partial charge on any atom is -0.315 e. The lowest BCUT2D eigenvalue weighted by molar-refractivity contribution is -0.106. The summed E-state index contributed by atoms with van der Waals surface area (Å²) in [7, 11) is -4.25. The summed E-state index contributed by atoms with van der Waals surface area (Å²) in [6.45, 7) is 1.16. The molecule has 1 saturated heterocycles. The molecule has 1 unspecified atom stereocenters. The van der Waals surface area contributed by atoms with E-state index in [0.29, 0.717) is 13.0 Å². The molecule has 1 heterocycles. The largest absolute Gasteiger partial charge is 0.404 e. The van der Waals surface area contributed by atoms with Crippen LogP contribution in [0.2, 0.25) is 0 Å². The van der Waals surface area contributed by atoms with E-state index in [4.69, 9.17) is 0 Å². The number of halogens is 3. The molecular formula is C7H13F3N2O2S. The Morgan fingerprint density at radius 3 is 2.53 bits per heavy atom. The number of sulfonamides is 1. The van der Waals surface area contributed by atoms with Crippen LogP contribution in [0, 0.1) is 0 Å². The number of rotatable bonds is 3. The van der Waals surface area contributed by atoms with Crippen molar-refractivity contribution in [2.24, 2.45) is 0 Å². The average molecular weight is 246 g/mol. The number of piperidine rings is 1. The highest BCUT2D eigenvalue weighted by atomic mass is 32.2. The first-order valence-electron chi connectivity index (χ1n) is 4.56. The highest BCUT2D eigenvalue weighted by molar-refractivity contribution is 7.89. The lowest BCUT2D eigenvalue weighted by Gasteiger charge is -2.23. The average Bonchev–Trinajstić information content (AvgIpc) is 1.99. The lowest BCUT2D eigenvalue weighted by atomic mass is 10.1. The van der Waals surface area contributed by atoms with Crippen LogP contribution in [0.15, 0.2) is 0 Å². The highest BCUT2D eigenvalue weighted by Gasteiger charge is 2.36. The molecule has 0 aliphatic carbocycles. The van der Waals surface area contributed by atoms with E-state index in [1.807, 2.05) is 4.72 Å². The van der Waals surface area contributed by atoms with Crippen molar-refractivity contribution >= 4 is 10.0 Å². The molecule has 0 amide bonds. The zero-order chi connectivity index (χ0) is 11.5. The van der Waals surface area contributed by atoms with Crippen molar-refractivity contribution in [3.63, 3.8) is 0 Å². The molecular weight excluding hydrogens is 233 g/mol. The Labute approximate surface area is 86.3 Å². The second kappa shape index (κ2) is 4.67. The van der Waals surface area contributed by atoms with Crippen LogP contribution in [0.25, 0.3) is 0 Å². The van der Waals surface area contributed by atoms with Gasteiger partial charge in [0.25, 0.3) is 0 Å². The molecule has 0 aromatic rings. The van der Waals surface area contributed by atoms with Crippen LogP contribution >= 0.6 is 0 Å². The fourth-order valence-corrected chi connectivity index (χ4v) is 2.69. The van der Waals surface area contributed by atoms with Gasteiger partial charge in [-0.3, -0.25) is 0 Å². The highest BCUT2D eigenvalue weighted by Crippen LogP contribution is 2.17. The molecule has 1 aliphatic heterocycles. The molecule has 1 aliphatic rings. The minimum absolute atomic E-state index is 0.386. The van der Waals surface area contributed by atoms with Gasteiger partial charge in [0, 0.05) is 12.6 Å². The third kappa shape index (κ3) is 5.33. The summed E-state index contributed by atoms with van der Waals surface area (Å²) >= 11 is 0. The number of hydrogen-bond donors (Lipinski definition) is 2. The van der Waals surface area contributed by atoms with Gasteiger partial charge in [-0.25, -0.2) is 13.1 Å². The van der Waals surface area contributed by atoms with E-state index < -0.39 is 28.0 Å². The van der Waals surface area contributed by atoms with E-state index in [-0.39, 0.29) is 0 Å². The van der Waals surface area contributed by atoms with E-state index in [9.17, 15) is 21.6 Å². The first-order chi connectivity index (χ1) is 6.79. The Bertz CT molecular complexity index is 296. The molecule has 1 rings (SSSR count). The zero-order valence-electron chi connectivity index (χ0n) is 7.97. The number of alkyl halides is 3. The van der Waals surface area contributed by atoms with Gasteiger partial charge in [0.2, 0.25) is 10.0 Å². The van der Waals surface area contributed by atoms with Gasteiger partial charge < -0.3 is 5.32 Å². The first kappa shape index (κ1) is 12.7. The van der Waals surface area contributed by atoms with Crippen LogP contribution in [0.1, 0.15) is 12.8 Å². The first-order valence-corrected chi connectivity index (χ1v) is 6.21. The molecule has 0 bridgehead atoms. The third-order valence-electron chi connectivity index (χ3n) is 2.00. The molecule has 8 heteroatoms. The normalized spacial score (nSPS) is 24.1. The smallest absolute Gasteiger partial charge is 0.315 e. The van der Waals surface area contributed by atoms with Crippen molar-refractivity contribution in [3.8, 4) is 0 Å². The Morgan fingerprint density at radius 1 is 1.40 bits per heavy atom. The molecule has 90 valence electrons. The summed E-state index contributed by atoms with van der Waals surface area (Å²) in [5.41, 5.74) is 0. The van der Waals surface area contributed by atoms with Crippen LogP contribution in [0.3, 0.4) is 0 Å². The van der Waals surface area contributed by atoms with Gasteiger partial charge in [-0.2, -0.15) is 13.2 Å². The lowest BCUT2D eigenvalue weighted by Crippen LogP contribution is -2.47. The fourth-order valence-electron chi connectivity index (χ4n) is 1.46. The monoisotopic (exact) mass is 246 g/mol. The van der Waals surface area contributed by atoms with E-state index in [1.54, 1.807) is 0 Å². The van der Waals surface area contributed by atoms with Gasteiger partial charge in [-0.05, 0) is 19.4 Å². The van der Waals surface area contributed by atoms with Crippen molar-refractivity contribution in [1.29, 1.82) is 0 Å². The summed E-state index contributed by atoms with van der Waals surface area (Å²) in [6, 6.07) is -0.425. The van der Waals surface area contributed by atoms with Crippen molar-refractivity contribution in [3.05, 3.63) is 0 Å². The summed E-state index contributed by atoms with van der Waals surface area (Å²) < 4.78 is 59.8. The van der Waals surface area contributed by atoms with Gasteiger partial charge >= 0.3 is 6.18 Å². The molecule has 2 N–H and O–H groups in total. The zero-order valence-corrected chi connectivity index (χ0v) is 8.79. The SMILES string of the molecule is O=S(=O)(CC(F)(F)F)NC1CCCNC1. The predicted molar refractivity (Wildman–Crippen MR) is 48.9 cm³/mol. The van der Waals surface area contributed by atoms with E-state index in [0.717, 1.165) is 13.0 Å². The van der Waals surface area contributed by atoms with Crippen LogP contribution in [-0.2, 0) is 10.0 Å². The van der Waals surface area contributed by atoms with Crippen molar-refractivity contribution in [1.82, 2.24) is 10.0 Å². The standard InChI is InChI=1S/C7H13F3N2O2S/c8-7(9,10)5-15(13,14)12-6-2-1-3-11-4-6/h6,11-12H,1-5H2. The van der Waals surface area contributed by atoms with Gasteiger partial charge in [0.15, 0.2) is 5.75 Å².